The lowest BCUT2D eigenvalue weighted by Crippen LogP contribution is -2.09. The molecule has 2 heterocycles. The van der Waals surface area contributed by atoms with Gasteiger partial charge in [0.1, 0.15) is 5.65 Å². The number of benzene rings is 3. The number of aromatic nitrogens is 2. The van der Waals surface area contributed by atoms with Crippen molar-refractivity contribution >= 4 is 43.3 Å². The normalized spacial score (nSPS) is 11.7. The topological polar surface area (TPSA) is 118 Å². The van der Waals surface area contributed by atoms with Crippen LogP contribution in [0.5, 0.6) is 0 Å². The first-order valence-corrected chi connectivity index (χ1v) is 11.9. The average Bonchev–Trinajstić information content (AvgIpc) is 3.16. The molecule has 3 aromatic carbocycles. The predicted octanol–water partition coefficient (Wildman–Crippen LogP) is 5.33. The van der Waals surface area contributed by atoms with Gasteiger partial charge >= 0.3 is 0 Å². The van der Waals surface area contributed by atoms with Crippen LogP contribution in [0.3, 0.4) is 0 Å². The Morgan fingerprint density at radius 2 is 1.70 bits per heavy atom. The minimum atomic E-state index is -3.38. The first-order chi connectivity index (χ1) is 15.8. The number of nitrogens with zero attached hydrogens (tertiary/aromatic N) is 2. The van der Waals surface area contributed by atoms with Crippen LogP contribution in [0.15, 0.2) is 79.0 Å². The Hall–Kier alpha value is -4.24. The number of pyridine rings is 1. The summed E-state index contributed by atoms with van der Waals surface area (Å²) < 4.78 is 25.5. The lowest BCUT2D eigenvalue weighted by atomic mass is 9.92. The van der Waals surface area contributed by atoms with E-state index in [1.807, 2.05) is 42.5 Å². The molecule has 0 atom stereocenters. The van der Waals surface area contributed by atoms with Gasteiger partial charge in [-0.15, -0.1) is 0 Å². The molecule has 0 saturated carbocycles. The van der Waals surface area contributed by atoms with Crippen molar-refractivity contribution in [3.8, 4) is 22.3 Å². The summed E-state index contributed by atoms with van der Waals surface area (Å²) >= 11 is 0. The highest BCUT2D eigenvalue weighted by atomic mass is 32.2. The highest BCUT2D eigenvalue weighted by Crippen LogP contribution is 2.41. The smallest absolute Gasteiger partial charge is 0.270 e. The molecule has 0 bridgehead atoms. The molecule has 164 valence electrons. The summed E-state index contributed by atoms with van der Waals surface area (Å²) in [5.74, 6) is 0. The molecule has 0 fully saturated rings. The maximum Gasteiger partial charge on any atom is 0.270 e. The van der Waals surface area contributed by atoms with Crippen molar-refractivity contribution < 1.29 is 13.3 Å². The molecule has 2 aromatic heterocycles. The molecule has 2 N–H and O–H groups in total. The van der Waals surface area contributed by atoms with Crippen LogP contribution < -0.4 is 4.72 Å². The van der Waals surface area contributed by atoms with Crippen molar-refractivity contribution in [2.75, 3.05) is 11.0 Å². The van der Waals surface area contributed by atoms with E-state index in [4.69, 9.17) is 0 Å². The van der Waals surface area contributed by atoms with Crippen LogP contribution in [0.25, 0.3) is 44.2 Å². The molecule has 8 nitrogen and oxygen atoms in total. The number of nitrogens with one attached hydrogen (secondary N) is 2. The van der Waals surface area contributed by atoms with E-state index in [9.17, 15) is 18.5 Å². The van der Waals surface area contributed by atoms with Crippen LogP contribution in [0.2, 0.25) is 0 Å². The number of aromatic amines is 1. The summed E-state index contributed by atoms with van der Waals surface area (Å²) in [7, 11) is -3.38. The van der Waals surface area contributed by atoms with Crippen LogP contribution in [-0.4, -0.2) is 29.6 Å². The molecular weight excluding hydrogens is 440 g/mol. The molecule has 0 saturated heterocycles. The number of anilines is 1. The van der Waals surface area contributed by atoms with Gasteiger partial charge in [0, 0.05) is 51.4 Å². The summed E-state index contributed by atoms with van der Waals surface area (Å²) in [6.45, 7) is 0. The van der Waals surface area contributed by atoms with Crippen molar-refractivity contribution in [3.05, 3.63) is 89.1 Å². The fraction of sp³-hybridized carbons (Fsp3) is 0.0417. The van der Waals surface area contributed by atoms with Crippen LogP contribution >= 0.6 is 0 Å². The van der Waals surface area contributed by atoms with Crippen molar-refractivity contribution in [1.82, 2.24) is 9.97 Å². The van der Waals surface area contributed by atoms with Crippen molar-refractivity contribution in [1.29, 1.82) is 0 Å². The average molecular weight is 458 g/mol. The first kappa shape index (κ1) is 20.7. The van der Waals surface area contributed by atoms with Crippen molar-refractivity contribution in [2.45, 2.75) is 0 Å². The molecule has 0 aliphatic rings. The van der Waals surface area contributed by atoms with E-state index >= 15 is 0 Å². The maximum absolute atomic E-state index is 11.5. The molecular formula is C24H18N4O4S. The third kappa shape index (κ3) is 3.90. The van der Waals surface area contributed by atoms with E-state index in [-0.39, 0.29) is 5.69 Å². The minimum absolute atomic E-state index is 0.00372. The van der Waals surface area contributed by atoms with E-state index in [1.54, 1.807) is 30.5 Å². The van der Waals surface area contributed by atoms with E-state index < -0.39 is 14.9 Å². The number of hydrogen-bond donors (Lipinski definition) is 2. The zero-order chi connectivity index (χ0) is 23.2. The second-order valence-electron chi connectivity index (χ2n) is 7.70. The fourth-order valence-electron chi connectivity index (χ4n) is 4.01. The zero-order valence-corrected chi connectivity index (χ0v) is 18.3. The van der Waals surface area contributed by atoms with Gasteiger partial charge in [0.15, 0.2) is 0 Å². The molecule has 5 aromatic rings. The summed E-state index contributed by atoms with van der Waals surface area (Å²) in [5.41, 5.74) is 5.33. The van der Waals surface area contributed by atoms with Crippen LogP contribution in [-0.2, 0) is 10.0 Å². The summed E-state index contributed by atoms with van der Waals surface area (Å²) in [6.07, 6.45) is 2.86. The van der Waals surface area contributed by atoms with Gasteiger partial charge in [-0.1, -0.05) is 42.5 Å². The lowest BCUT2D eigenvalue weighted by molar-refractivity contribution is -0.384. The number of rotatable bonds is 5. The Morgan fingerprint density at radius 3 is 2.36 bits per heavy atom. The van der Waals surface area contributed by atoms with Crippen LogP contribution in [0.4, 0.5) is 11.4 Å². The monoisotopic (exact) mass is 458 g/mol. The molecule has 33 heavy (non-hydrogen) atoms. The molecule has 0 spiro atoms. The van der Waals surface area contributed by atoms with E-state index in [0.29, 0.717) is 16.7 Å². The zero-order valence-electron chi connectivity index (χ0n) is 17.4. The van der Waals surface area contributed by atoms with Gasteiger partial charge in [0.05, 0.1) is 11.2 Å². The van der Waals surface area contributed by atoms with Gasteiger partial charge in [-0.25, -0.2) is 13.4 Å². The molecule has 5 rings (SSSR count). The van der Waals surface area contributed by atoms with Crippen LogP contribution in [0, 0.1) is 10.1 Å². The molecule has 0 radical (unpaired) electrons. The van der Waals surface area contributed by atoms with E-state index in [1.165, 1.54) is 6.07 Å². The predicted molar refractivity (Wildman–Crippen MR) is 130 cm³/mol. The molecule has 0 aliphatic heterocycles. The minimum Gasteiger partial charge on any atom is -0.339 e. The van der Waals surface area contributed by atoms with E-state index in [2.05, 4.69) is 14.7 Å². The fourth-order valence-corrected chi connectivity index (χ4v) is 4.58. The van der Waals surface area contributed by atoms with E-state index in [0.717, 1.165) is 39.4 Å². The van der Waals surface area contributed by atoms with Crippen molar-refractivity contribution in [3.63, 3.8) is 0 Å². The lowest BCUT2D eigenvalue weighted by Gasteiger charge is -2.13. The molecule has 9 heteroatoms. The van der Waals surface area contributed by atoms with Gasteiger partial charge in [-0.3, -0.25) is 14.8 Å². The number of hydrogen-bond acceptors (Lipinski definition) is 5. The highest BCUT2D eigenvalue weighted by molar-refractivity contribution is 7.92. The standard InChI is InChI=1S/C24H18N4O4S/c1-33(31,32)27-17-9-7-15(8-10-17)20-14-25-24-23(22(20)16-5-3-2-4-6-16)19-13-18(28(29)30)11-12-21(19)26-24/h2-14,27H,1H3,(H,25,26). The highest BCUT2D eigenvalue weighted by Gasteiger charge is 2.19. The summed E-state index contributed by atoms with van der Waals surface area (Å²) in [5, 5.41) is 12.9. The van der Waals surface area contributed by atoms with Gasteiger partial charge in [-0.05, 0) is 29.3 Å². The molecule has 0 unspecified atom stereocenters. The number of non-ortho nitro benzene ring substituents is 1. The number of H-pyrrole nitrogens is 1. The van der Waals surface area contributed by atoms with Gasteiger partial charge in [0.2, 0.25) is 10.0 Å². The summed E-state index contributed by atoms with van der Waals surface area (Å²) in [4.78, 5) is 18.9. The van der Waals surface area contributed by atoms with Gasteiger partial charge in [-0.2, -0.15) is 0 Å². The first-order valence-electron chi connectivity index (χ1n) is 10.0. The Kier molecular flexibility index (Phi) is 4.83. The number of nitro benzene ring substituents is 1. The largest absolute Gasteiger partial charge is 0.339 e. The number of sulfonamides is 1. The molecule has 0 amide bonds. The van der Waals surface area contributed by atoms with Gasteiger partial charge < -0.3 is 4.98 Å². The Morgan fingerprint density at radius 1 is 0.970 bits per heavy atom. The van der Waals surface area contributed by atoms with Crippen LogP contribution in [0.1, 0.15) is 0 Å². The number of fused-ring (bicyclic) bond motifs is 3. The van der Waals surface area contributed by atoms with Crippen molar-refractivity contribution in [2.24, 2.45) is 0 Å². The third-order valence-electron chi connectivity index (χ3n) is 5.38. The SMILES string of the molecule is CS(=O)(=O)Nc1ccc(-c2cnc3[nH]c4ccc([N+](=O)[O-])cc4c3c2-c2ccccc2)cc1. The third-order valence-corrected chi connectivity index (χ3v) is 5.98. The number of nitro groups is 1. The Balaban J connectivity index is 1.79. The maximum atomic E-state index is 11.5. The Bertz CT molecular complexity index is 1630. The molecule has 0 aliphatic carbocycles. The summed E-state index contributed by atoms with van der Waals surface area (Å²) in [6, 6.07) is 21.5. The Labute approximate surface area is 189 Å². The second kappa shape index (κ2) is 7.72. The van der Waals surface area contributed by atoms with Gasteiger partial charge in [0.25, 0.3) is 5.69 Å². The quantitative estimate of drug-likeness (QED) is 0.273. The second-order valence-corrected chi connectivity index (χ2v) is 9.45.